The third-order valence-corrected chi connectivity index (χ3v) is 7.57. The Labute approximate surface area is 224 Å². The van der Waals surface area contributed by atoms with Gasteiger partial charge in [0.05, 0.1) is 22.7 Å². The average Bonchev–Trinajstić information content (AvgIpc) is 3.09. The van der Waals surface area contributed by atoms with E-state index in [2.05, 4.69) is 27.1 Å². The van der Waals surface area contributed by atoms with E-state index in [1.807, 2.05) is 70.7 Å². The third kappa shape index (κ3) is 6.19. The second-order valence-corrected chi connectivity index (χ2v) is 12.5. The zero-order valence-corrected chi connectivity index (χ0v) is 24.2. The van der Waals surface area contributed by atoms with Crippen molar-refractivity contribution in [3.63, 3.8) is 0 Å². The van der Waals surface area contributed by atoms with Crippen LogP contribution in [0.1, 0.15) is 88.4 Å². The van der Waals surface area contributed by atoms with Crippen molar-refractivity contribution in [1.29, 1.82) is 0 Å². The Bertz CT molecular complexity index is 1100. The molecule has 3 rings (SSSR count). The fraction of sp³-hybridized carbons (Fsp3) is 0.533. The molecule has 36 heavy (non-hydrogen) atoms. The number of phenolic OH excluding ortho intramolecular Hbond substituents is 1. The first kappa shape index (κ1) is 28.4. The number of hydrogen-bond acceptors (Lipinski definition) is 3. The number of nitrogens with zero attached hydrogens (tertiary/aromatic N) is 2. The van der Waals surface area contributed by atoms with Gasteiger partial charge in [0.25, 0.3) is 0 Å². The largest absolute Gasteiger partial charge is 0.507 e. The number of carbonyl (C=O) groups is 1. The predicted octanol–water partition coefficient (Wildman–Crippen LogP) is 7.61. The van der Waals surface area contributed by atoms with Gasteiger partial charge in [-0.25, -0.2) is 4.39 Å². The molecule has 1 saturated heterocycles. The standard InChI is InChI=1S/C30H40BrFN2O2/c1-8-11-20-17-34(28(33-31)22(20)14-19-12-9-10-13-25(19)32)18-26(35)21-15-23(29(2,3)4)27(36)24(16-21)30(5,6)7/h9-10,12-13,15-16,20,22,36H,8,11,14,17-18H2,1-7H3/t20-,22+/m0/s1. The highest BCUT2D eigenvalue weighted by atomic mass is 79.9. The summed E-state index contributed by atoms with van der Waals surface area (Å²) in [5.74, 6) is 1.17. The molecule has 2 aromatic rings. The van der Waals surface area contributed by atoms with Gasteiger partial charge in [0.15, 0.2) is 5.78 Å². The molecule has 1 fully saturated rings. The number of phenols is 1. The molecule has 0 bridgehead atoms. The highest BCUT2D eigenvalue weighted by molar-refractivity contribution is 9.08. The van der Waals surface area contributed by atoms with Crippen LogP contribution in [0.2, 0.25) is 0 Å². The van der Waals surface area contributed by atoms with Crippen LogP contribution in [0.3, 0.4) is 0 Å². The molecule has 0 aliphatic carbocycles. The lowest BCUT2D eigenvalue weighted by Crippen LogP contribution is -2.33. The number of rotatable bonds is 7. The van der Waals surface area contributed by atoms with Gasteiger partial charge in [-0.2, -0.15) is 4.02 Å². The second-order valence-electron chi connectivity index (χ2n) is 12.1. The lowest BCUT2D eigenvalue weighted by Gasteiger charge is -2.28. The molecule has 2 atom stereocenters. The van der Waals surface area contributed by atoms with Crippen LogP contribution in [0.25, 0.3) is 0 Å². The minimum absolute atomic E-state index is 0.0126. The Balaban J connectivity index is 1.94. The van der Waals surface area contributed by atoms with Crippen molar-refractivity contribution in [2.75, 3.05) is 13.1 Å². The molecule has 6 heteroatoms. The smallest absolute Gasteiger partial charge is 0.182 e. The summed E-state index contributed by atoms with van der Waals surface area (Å²) >= 11 is 3.31. The summed E-state index contributed by atoms with van der Waals surface area (Å²) in [7, 11) is 0. The first-order valence-corrected chi connectivity index (χ1v) is 13.6. The lowest BCUT2D eigenvalue weighted by molar-refractivity contribution is 0.0963. The van der Waals surface area contributed by atoms with E-state index in [1.54, 1.807) is 6.07 Å². The first-order valence-electron chi connectivity index (χ1n) is 12.9. The number of carbonyl (C=O) groups excluding carboxylic acids is 1. The zero-order valence-electron chi connectivity index (χ0n) is 22.7. The Morgan fingerprint density at radius 2 is 1.69 bits per heavy atom. The van der Waals surface area contributed by atoms with Crippen LogP contribution in [-0.4, -0.2) is 34.7 Å². The maximum absolute atomic E-state index is 14.5. The molecular weight excluding hydrogens is 519 g/mol. The van der Waals surface area contributed by atoms with Crippen LogP contribution < -0.4 is 0 Å². The topological polar surface area (TPSA) is 52.9 Å². The van der Waals surface area contributed by atoms with Gasteiger partial charge in [-0.15, -0.1) is 0 Å². The van der Waals surface area contributed by atoms with Gasteiger partial charge < -0.3 is 10.0 Å². The molecule has 196 valence electrons. The number of likely N-dealkylation sites (tertiary alicyclic amines) is 1. The monoisotopic (exact) mass is 558 g/mol. The molecule has 2 aromatic carbocycles. The molecule has 0 spiro atoms. The van der Waals surface area contributed by atoms with E-state index in [1.165, 1.54) is 6.07 Å². The van der Waals surface area contributed by atoms with Crippen LogP contribution >= 0.6 is 16.1 Å². The number of Topliss-reactive ketones (excluding diaryl/α,β-unsaturated/α-hetero) is 1. The van der Waals surface area contributed by atoms with Crippen LogP contribution in [0.4, 0.5) is 4.39 Å². The Morgan fingerprint density at radius 3 is 2.19 bits per heavy atom. The number of amidine groups is 1. The third-order valence-electron chi connectivity index (χ3n) is 7.21. The molecule has 0 unspecified atom stereocenters. The molecule has 1 aliphatic heterocycles. The van der Waals surface area contributed by atoms with Crippen molar-refractivity contribution in [1.82, 2.24) is 4.90 Å². The Kier molecular flexibility index (Phi) is 8.70. The van der Waals surface area contributed by atoms with E-state index in [0.717, 1.165) is 29.8 Å². The average molecular weight is 560 g/mol. The number of ketones is 1. The second kappa shape index (κ2) is 11.0. The van der Waals surface area contributed by atoms with Crippen LogP contribution in [0.5, 0.6) is 5.75 Å². The summed E-state index contributed by atoms with van der Waals surface area (Å²) in [4.78, 5) is 15.7. The van der Waals surface area contributed by atoms with Crippen LogP contribution in [0.15, 0.2) is 40.4 Å². The van der Waals surface area contributed by atoms with Crippen molar-refractivity contribution in [2.24, 2.45) is 15.9 Å². The maximum Gasteiger partial charge on any atom is 0.182 e. The molecule has 0 amide bonds. The molecule has 1 aliphatic rings. The van der Waals surface area contributed by atoms with E-state index in [-0.39, 0.29) is 46.6 Å². The van der Waals surface area contributed by atoms with E-state index in [0.29, 0.717) is 24.1 Å². The highest BCUT2D eigenvalue weighted by Gasteiger charge is 2.39. The number of aromatic hydroxyl groups is 1. The maximum atomic E-state index is 14.5. The van der Waals surface area contributed by atoms with Gasteiger partial charge in [-0.1, -0.05) is 73.1 Å². The lowest BCUT2D eigenvalue weighted by atomic mass is 9.78. The zero-order chi connectivity index (χ0) is 26.8. The number of benzene rings is 2. The fourth-order valence-electron chi connectivity index (χ4n) is 5.24. The van der Waals surface area contributed by atoms with Crippen molar-refractivity contribution >= 4 is 27.8 Å². The van der Waals surface area contributed by atoms with E-state index in [4.69, 9.17) is 0 Å². The minimum Gasteiger partial charge on any atom is -0.507 e. The number of hydrogen-bond donors (Lipinski definition) is 1. The van der Waals surface area contributed by atoms with Gasteiger partial charge in [0, 0.05) is 29.2 Å². The van der Waals surface area contributed by atoms with Gasteiger partial charge in [-0.05, 0) is 53.4 Å². The summed E-state index contributed by atoms with van der Waals surface area (Å²) in [6.07, 6.45) is 2.54. The van der Waals surface area contributed by atoms with E-state index < -0.39 is 0 Å². The number of halogens is 2. The van der Waals surface area contributed by atoms with Crippen LogP contribution in [-0.2, 0) is 17.3 Å². The van der Waals surface area contributed by atoms with Gasteiger partial charge in [0.1, 0.15) is 17.4 Å². The van der Waals surface area contributed by atoms with Crippen molar-refractivity contribution < 1.29 is 14.3 Å². The molecule has 1 heterocycles. The SMILES string of the molecule is CCC[C@H]1CN(CC(=O)c2cc(C(C)(C)C)c(O)c(C(C)(C)C)c2)C(=NBr)[C@@H]1Cc1ccccc1F. The van der Waals surface area contributed by atoms with Crippen molar-refractivity contribution in [2.45, 2.75) is 78.6 Å². The van der Waals surface area contributed by atoms with Crippen LogP contribution in [0, 0.1) is 17.7 Å². The Morgan fingerprint density at radius 1 is 1.11 bits per heavy atom. The quantitative estimate of drug-likeness (QED) is 0.356. The van der Waals surface area contributed by atoms with Gasteiger partial charge in [-0.3, -0.25) is 4.79 Å². The van der Waals surface area contributed by atoms with Crippen molar-refractivity contribution in [3.8, 4) is 5.75 Å². The normalized spacial score (nSPS) is 19.8. The molecule has 0 saturated carbocycles. The predicted molar refractivity (Wildman–Crippen MR) is 150 cm³/mol. The summed E-state index contributed by atoms with van der Waals surface area (Å²) in [5.41, 5.74) is 2.20. The first-order chi connectivity index (χ1) is 16.8. The highest BCUT2D eigenvalue weighted by Crippen LogP contribution is 2.40. The summed E-state index contributed by atoms with van der Waals surface area (Å²) in [5, 5.41) is 11.0. The molecule has 4 nitrogen and oxygen atoms in total. The van der Waals surface area contributed by atoms with Crippen molar-refractivity contribution in [3.05, 3.63) is 64.5 Å². The van der Waals surface area contributed by atoms with Gasteiger partial charge >= 0.3 is 0 Å². The summed E-state index contributed by atoms with van der Waals surface area (Å²) in [6.45, 7) is 15.3. The summed E-state index contributed by atoms with van der Waals surface area (Å²) < 4.78 is 18.9. The molecule has 1 N–H and O–H groups in total. The fourth-order valence-corrected chi connectivity index (χ4v) is 5.72. The minimum atomic E-state index is -0.312. The summed E-state index contributed by atoms with van der Waals surface area (Å²) in [6, 6.07) is 10.6. The Hall–Kier alpha value is -2.21. The molecule has 0 radical (unpaired) electrons. The van der Waals surface area contributed by atoms with E-state index >= 15 is 0 Å². The molecule has 0 aromatic heterocycles. The van der Waals surface area contributed by atoms with E-state index in [9.17, 15) is 14.3 Å². The molecular formula is C30H40BrFN2O2. The van der Waals surface area contributed by atoms with Gasteiger partial charge in [0.2, 0.25) is 0 Å².